The molecular formula is C11H18N4O4. The fraction of sp³-hybridized carbons (Fsp3) is 0.727. The fourth-order valence-electron chi connectivity index (χ4n) is 1.80. The van der Waals surface area contributed by atoms with Gasteiger partial charge in [0.2, 0.25) is 5.95 Å². The first kappa shape index (κ1) is 13.8. The minimum absolute atomic E-state index is 0.198. The van der Waals surface area contributed by atoms with Gasteiger partial charge in [0.15, 0.2) is 0 Å². The number of hydrogen-bond donors (Lipinski definition) is 1. The first-order chi connectivity index (χ1) is 9.21. The van der Waals surface area contributed by atoms with Gasteiger partial charge in [-0.1, -0.05) is 0 Å². The first-order valence-electron chi connectivity index (χ1n) is 5.92. The van der Waals surface area contributed by atoms with E-state index in [0.29, 0.717) is 25.7 Å². The van der Waals surface area contributed by atoms with Crippen molar-refractivity contribution in [3.8, 4) is 12.0 Å². The number of rotatable bonds is 6. The Labute approximate surface area is 111 Å². The van der Waals surface area contributed by atoms with E-state index >= 15 is 0 Å². The van der Waals surface area contributed by atoms with Gasteiger partial charge in [0.05, 0.1) is 20.8 Å². The predicted octanol–water partition coefficient (Wildman–Crippen LogP) is 0.106. The molecule has 0 bridgehead atoms. The van der Waals surface area contributed by atoms with Crippen molar-refractivity contribution in [3.05, 3.63) is 0 Å². The highest BCUT2D eigenvalue weighted by atomic mass is 16.5. The van der Waals surface area contributed by atoms with E-state index in [0.717, 1.165) is 6.42 Å². The van der Waals surface area contributed by atoms with Crippen LogP contribution >= 0.6 is 0 Å². The van der Waals surface area contributed by atoms with E-state index in [2.05, 4.69) is 20.3 Å². The summed E-state index contributed by atoms with van der Waals surface area (Å²) in [5, 5.41) is 3.10. The molecule has 1 aliphatic rings. The van der Waals surface area contributed by atoms with E-state index in [1.807, 2.05) is 0 Å². The van der Waals surface area contributed by atoms with E-state index in [1.54, 1.807) is 7.11 Å². The summed E-state index contributed by atoms with van der Waals surface area (Å²) < 4.78 is 20.8. The maximum atomic E-state index is 5.51. The van der Waals surface area contributed by atoms with Crippen LogP contribution in [0.4, 0.5) is 5.95 Å². The van der Waals surface area contributed by atoms with Gasteiger partial charge in [-0.2, -0.15) is 9.97 Å². The number of nitrogens with one attached hydrogen (secondary N) is 1. The van der Waals surface area contributed by atoms with Crippen LogP contribution in [0.3, 0.4) is 0 Å². The summed E-state index contributed by atoms with van der Waals surface area (Å²) in [4.78, 5) is 12.1. The van der Waals surface area contributed by atoms with Crippen LogP contribution in [0.2, 0.25) is 0 Å². The molecule has 2 rings (SSSR count). The van der Waals surface area contributed by atoms with Crippen molar-refractivity contribution in [2.24, 2.45) is 0 Å². The Kier molecular flexibility index (Phi) is 4.33. The lowest BCUT2D eigenvalue weighted by Crippen LogP contribution is -2.40. The second kappa shape index (κ2) is 5.98. The van der Waals surface area contributed by atoms with Crippen LogP contribution < -0.4 is 14.8 Å². The van der Waals surface area contributed by atoms with Crippen molar-refractivity contribution < 1.29 is 18.9 Å². The average Bonchev–Trinajstić information content (AvgIpc) is 2.94. The molecule has 1 unspecified atom stereocenters. The molecule has 1 N–H and O–H groups in total. The molecule has 1 fully saturated rings. The molecule has 0 amide bonds. The largest absolute Gasteiger partial charge is 0.467 e. The zero-order valence-electron chi connectivity index (χ0n) is 11.3. The zero-order chi connectivity index (χ0) is 13.7. The third-order valence-electron chi connectivity index (χ3n) is 3.03. The lowest BCUT2D eigenvalue weighted by atomic mass is 10.0. The molecular weight excluding hydrogens is 252 g/mol. The number of nitrogens with zero attached hydrogens (tertiary/aromatic N) is 3. The third-order valence-corrected chi connectivity index (χ3v) is 3.03. The number of anilines is 1. The summed E-state index contributed by atoms with van der Waals surface area (Å²) in [7, 11) is 4.64. The Morgan fingerprint density at radius 3 is 2.32 bits per heavy atom. The molecule has 8 heteroatoms. The topological polar surface area (TPSA) is 87.6 Å². The first-order valence-corrected chi connectivity index (χ1v) is 5.92. The molecule has 0 spiro atoms. The van der Waals surface area contributed by atoms with Crippen LogP contribution in [-0.2, 0) is 9.47 Å². The van der Waals surface area contributed by atoms with Crippen LogP contribution in [-0.4, -0.2) is 61.6 Å². The SMILES string of the molecule is COc1nc(NCC2(OC)CCOC2)nc(OC)n1. The van der Waals surface area contributed by atoms with Crippen molar-refractivity contribution in [1.82, 2.24) is 15.0 Å². The summed E-state index contributed by atoms with van der Waals surface area (Å²) >= 11 is 0. The summed E-state index contributed by atoms with van der Waals surface area (Å²) in [5.41, 5.74) is -0.340. The van der Waals surface area contributed by atoms with Gasteiger partial charge in [-0.25, -0.2) is 0 Å². The molecule has 8 nitrogen and oxygen atoms in total. The number of aromatic nitrogens is 3. The molecule has 1 aromatic rings. The fourth-order valence-corrected chi connectivity index (χ4v) is 1.80. The van der Waals surface area contributed by atoms with E-state index in [9.17, 15) is 0 Å². The standard InChI is InChI=1S/C11H18N4O4/c1-16-9-13-8(14-10(15-9)17-2)12-6-11(18-3)4-5-19-7-11/h4-7H2,1-3H3,(H,12,13,14,15). The van der Waals surface area contributed by atoms with Gasteiger partial charge in [0.25, 0.3) is 0 Å². The predicted molar refractivity (Wildman–Crippen MR) is 66.6 cm³/mol. The molecule has 2 heterocycles. The normalized spacial score (nSPS) is 22.3. The minimum atomic E-state index is -0.340. The van der Waals surface area contributed by atoms with Crippen LogP contribution in [0.25, 0.3) is 0 Å². The van der Waals surface area contributed by atoms with Gasteiger partial charge in [-0.05, 0) is 0 Å². The number of methoxy groups -OCH3 is 3. The summed E-state index contributed by atoms with van der Waals surface area (Å²) in [6.45, 7) is 1.79. The molecule has 0 saturated carbocycles. The monoisotopic (exact) mass is 270 g/mol. The Balaban J connectivity index is 2.06. The van der Waals surface area contributed by atoms with E-state index in [4.69, 9.17) is 18.9 Å². The van der Waals surface area contributed by atoms with Crippen LogP contribution in [0.15, 0.2) is 0 Å². The lowest BCUT2D eigenvalue weighted by Gasteiger charge is -2.25. The Hall–Kier alpha value is -1.67. The van der Waals surface area contributed by atoms with Gasteiger partial charge < -0.3 is 24.3 Å². The van der Waals surface area contributed by atoms with E-state index in [1.165, 1.54) is 14.2 Å². The number of ether oxygens (including phenoxy) is 4. The summed E-state index contributed by atoms with van der Waals surface area (Å²) in [6, 6.07) is 0.395. The number of hydrogen-bond acceptors (Lipinski definition) is 8. The van der Waals surface area contributed by atoms with Gasteiger partial charge >= 0.3 is 12.0 Å². The van der Waals surface area contributed by atoms with Gasteiger partial charge in [-0.3, -0.25) is 0 Å². The van der Waals surface area contributed by atoms with E-state index < -0.39 is 0 Å². The maximum absolute atomic E-state index is 5.51. The molecule has 1 aromatic heterocycles. The highest BCUT2D eigenvalue weighted by Gasteiger charge is 2.35. The van der Waals surface area contributed by atoms with Gasteiger partial charge in [0, 0.05) is 26.7 Å². The van der Waals surface area contributed by atoms with Crippen molar-refractivity contribution in [2.45, 2.75) is 12.0 Å². The molecule has 19 heavy (non-hydrogen) atoms. The van der Waals surface area contributed by atoms with Crippen LogP contribution in [0, 0.1) is 0 Å². The quantitative estimate of drug-likeness (QED) is 0.779. The highest BCUT2D eigenvalue weighted by Crippen LogP contribution is 2.23. The summed E-state index contributed by atoms with van der Waals surface area (Å²) in [6.07, 6.45) is 0.829. The minimum Gasteiger partial charge on any atom is -0.467 e. The lowest BCUT2D eigenvalue weighted by molar-refractivity contribution is -0.00633. The van der Waals surface area contributed by atoms with Gasteiger partial charge in [0.1, 0.15) is 5.60 Å². The Morgan fingerprint density at radius 2 is 1.84 bits per heavy atom. The van der Waals surface area contributed by atoms with Crippen LogP contribution in [0.1, 0.15) is 6.42 Å². The molecule has 106 valence electrons. The van der Waals surface area contributed by atoms with Crippen LogP contribution in [0.5, 0.6) is 12.0 Å². The molecule has 1 saturated heterocycles. The molecule has 0 aliphatic carbocycles. The Bertz CT molecular complexity index is 401. The Morgan fingerprint density at radius 1 is 1.16 bits per heavy atom. The van der Waals surface area contributed by atoms with Crippen molar-refractivity contribution in [1.29, 1.82) is 0 Å². The third kappa shape index (κ3) is 3.21. The van der Waals surface area contributed by atoms with Gasteiger partial charge in [-0.15, -0.1) is 4.98 Å². The van der Waals surface area contributed by atoms with E-state index in [-0.39, 0.29) is 17.6 Å². The van der Waals surface area contributed by atoms with Crippen molar-refractivity contribution in [3.63, 3.8) is 0 Å². The molecule has 0 aromatic carbocycles. The highest BCUT2D eigenvalue weighted by molar-refractivity contribution is 5.28. The maximum Gasteiger partial charge on any atom is 0.324 e. The zero-order valence-corrected chi connectivity index (χ0v) is 11.3. The van der Waals surface area contributed by atoms with Crippen molar-refractivity contribution in [2.75, 3.05) is 46.4 Å². The molecule has 0 radical (unpaired) electrons. The molecule has 1 aliphatic heterocycles. The molecule has 1 atom stereocenters. The van der Waals surface area contributed by atoms with Crippen molar-refractivity contribution >= 4 is 5.95 Å². The average molecular weight is 270 g/mol. The smallest absolute Gasteiger partial charge is 0.324 e. The second-order valence-corrected chi connectivity index (χ2v) is 4.18. The summed E-state index contributed by atoms with van der Waals surface area (Å²) in [5.74, 6) is 0.382. The second-order valence-electron chi connectivity index (χ2n) is 4.18.